The Bertz CT molecular complexity index is 509. The zero-order valence-corrected chi connectivity index (χ0v) is 13.7. The predicted molar refractivity (Wildman–Crippen MR) is 77.7 cm³/mol. The average molecular weight is 326 g/mol. The van der Waals surface area contributed by atoms with Crippen LogP contribution in [-0.4, -0.2) is 52.5 Å². The summed E-state index contributed by atoms with van der Waals surface area (Å²) in [5, 5.41) is 0.536. The number of ether oxygens (including phenoxy) is 1. The minimum atomic E-state index is -0.665. The molecule has 0 radical (unpaired) electrons. The highest BCUT2D eigenvalue weighted by Crippen LogP contribution is 2.22. The van der Waals surface area contributed by atoms with Gasteiger partial charge in [0.2, 0.25) is 0 Å². The van der Waals surface area contributed by atoms with Crippen molar-refractivity contribution >= 4 is 23.9 Å². The highest BCUT2D eigenvalue weighted by molar-refractivity contribution is 6.01. The Morgan fingerprint density at radius 3 is 2.30 bits per heavy atom. The number of rotatable bonds is 2. The van der Waals surface area contributed by atoms with Gasteiger partial charge in [0.15, 0.2) is 0 Å². The van der Waals surface area contributed by atoms with Crippen LogP contribution in [-0.2, 0) is 24.0 Å². The fourth-order valence-electron chi connectivity index (χ4n) is 2.48. The molecule has 3 amide bonds. The second-order valence-corrected chi connectivity index (χ2v) is 6.76. The van der Waals surface area contributed by atoms with Gasteiger partial charge in [-0.15, -0.1) is 5.06 Å². The van der Waals surface area contributed by atoms with Gasteiger partial charge in [-0.1, -0.05) is 0 Å². The molecule has 1 atom stereocenters. The van der Waals surface area contributed by atoms with Crippen LogP contribution < -0.4 is 0 Å². The van der Waals surface area contributed by atoms with Crippen molar-refractivity contribution in [1.82, 2.24) is 9.96 Å². The smallest absolute Gasteiger partial charge is 0.410 e. The van der Waals surface area contributed by atoms with E-state index in [4.69, 9.17) is 9.57 Å². The molecule has 23 heavy (non-hydrogen) atoms. The minimum absolute atomic E-state index is 0.0564. The Morgan fingerprint density at radius 2 is 1.74 bits per heavy atom. The third-order valence-corrected chi connectivity index (χ3v) is 3.59. The van der Waals surface area contributed by atoms with E-state index < -0.39 is 35.4 Å². The zero-order chi connectivity index (χ0) is 17.2. The van der Waals surface area contributed by atoms with Crippen molar-refractivity contribution in [2.75, 3.05) is 13.1 Å². The number of carbonyl (C=O) groups is 4. The summed E-state index contributed by atoms with van der Waals surface area (Å²) in [6.45, 7) is 5.96. The van der Waals surface area contributed by atoms with Gasteiger partial charge >= 0.3 is 12.1 Å². The van der Waals surface area contributed by atoms with Crippen molar-refractivity contribution in [3.8, 4) is 0 Å². The molecule has 2 aliphatic heterocycles. The Labute approximate surface area is 134 Å². The summed E-state index contributed by atoms with van der Waals surface area (Å²) in [5.41, 5.74) is -0.612. The van der Waals surface area contributed by atoms with Gasteiger partial charge < -0.3 is 14.5 Å². The van der Waals surface area contributed by atoms with Crippen LogP contribution in [0.25, 0.3) is 0 Å². The van der Waals surface area contributed by atoms with Crippen LogP contribution in [0.15, 0.2) is 0 Å². The number of amides is 3. The van der Waals surface area contributed by atoms with E-state index >= 15 is 0 Å². The lowest BCUT2D eigenvalue weighted by molar-refractivity contribution is -0.201. The summed E-state index contributed by atoms with van der Waals surface area (Å²) >= 11 is 0. The maximum absolute atomic E-state index is 12.2. The summed E-state index contributed by atoms with van der Waals surface area (Å²) in [6, 6.07) is 0. The van der Waals surface area contributed by atoms with E-state index in [1.165, 1.54) is 4.90 Å². The van der Waals surface area contributed by atoms with Gasteiger partial charge in [-0.25, -0.2) is 9.59 Å². The molecule has 2 heterocycles. The lowest BCUT2D eigenvalue weighted by Crippen LogP contribution is -2.46. The monoisotopic (exact) mass is 326 g/mol. The first kappa shape index (κ1) is 17.2. The molecule has 1 unspecified atom stereocenters. The molecule has 2 rings (SSSR count). The number of carbonyl (C=O) groups excluding carboxylic acids is 4. The third kappa shape index (κ3) is 4.43. The number of hydrogen-bond acceptors (Lipinski definition) is 6. The predicted octanol–water partition coefficient (Wildman–Crippen LogP) is 1.24. The second-order valence-electron chi connectivity index (χ2n) is 6.76. The van der Waals surface area contributed by atoms with Crippen LogP contribution in [0.4, 0.5) is 4.79 Å². The SMILES string of the molecule is CC(C)(C)OC(=O)N1CCCC(C(=O)ON2C(=O)CCC2=O)C1. The number of likely N-dealkylation sites (tertiary alicyclic amines) is 1. The van der Waals surface area contributed by atoms with Crippen molar-refractivity contribution in [1.29, 1.82) is 0 Å². The van der Waals surface area contributed by atoms with Gasteiger partial charge in [0.05, 0.1) is 5.92 Å². The maximum atomic E-state index is 12.2. The van der Waals surface area contributed by atoms with E-state index in [1.54, 1.807) is 20.8 Å². The van der Waals surface area contributed by atoms with Gasteiger partial charge in [0.25, 0.3) is 11.8 Å². The highest BCUT2D eigenvalue weighted by Gasteiger charge is 2.37. The van der Waals surface area contributed by atoms with E-state index in [-0.39, 0.29) is 19.4 Å². The van der Waals surface area contributed by atoms with Gasteiger partial charge in [0.1, 0.15) is 5.60 Å². The van der Waals surface area contributed by atoms with E-state index in [0.717, 1.165) is 0 Å². The molecule has 0 spiro atoms. The molecule has 128 valence electrons. The quantitative estimate of drug-likeness (QED) is 0.709. The van der Waals surface area contributed by atoms with Crippen molar-refractivity contribution in [2.24, 2.45) is 5.92 Å². The lowest BCUT2D eigenvalue weighted by Gasteiger charge is -2.33. The molecule has 0 aromatic carbocycles. The molecular formula is C15H22N2O6. The van der Waals surface area contributed by atoms with Gasteiger partial charge in [-0.05, 0) is 33.6 Å². The molecule has 2 aliphatic rings. The van der Waals surface area contributed by atoms with E-state index in [1.807, 2.05) is 0 Å². The Balaban J connectivity index is 1.92. The molecule has 2 saturated heterocycles. The van der Waals surface area contributed by atoms with Crippen LogP contribution in [0, 0.1) is 5.92 Å². The second kappa shape index (κ2) is 6.55. The summed E-state index contributed by atoms with van der Waals surface area (Å²) < 4.78 is 5.29. The fraction of sp³-hybridized carbons (Fsp3) is 0.733. The first-order valence-corrected chi connectivity index (χ1v) is 7.73. The van der Waals surface area contributed by atoms with Gasteiger partial charge in [-0.2, -0.15) is 0 Å². The van der Waals surface area contributed by atoms with Crippen LogP contribution in [0.1, 0.15) is 46.5 Å². The number of nitrogens with zero attached hydrogens (tertiary/aromatic N) is 2. The number of hydroxylamine groups is 2. The van der Waals surface area contributed by atoms with Crippen molar-refractivity contribution in [2.45, 2.75) is 52.1 Å². The summed E-state index contributed by atoms with van der Waals surface area (Å²) in [4.78, 5) is 53.5. The number of imide groups is 1. The third-order valence-electron chi connectivity index (χ3n) is 3.59. The first-order valence-electron chi connectivity index (χ1n) is 7.73. The van der Waals surface area contributed by atoms with Crippen molar-refractivity contribution < 1.29 is 28.8 Å². The van der Waals surface area contributed by atoms with E-state index in [9.17, 15) is 19.2 Å². The normalized spacial score (nSPS) is 22.3. The number of hydrogen-bond donors (Lipinski definition) is 0. The molecule has 2 fully saturated rings. The minimum Gasteiger partial charge on any atom is -0.444 e. The van der Waals surface area contributed by atoms with Crippen LogP contribution in [0.2, 0.25) is 0 Å². The molecule has 8 nitrogen and oxygen atoms in total. The fourth-order valence-corrected chi connectivity index (χ4v) is 2.48. The molecule has 0 aliphatic carbocycles. The Morgan fingerprint density at radius 1 is 1.13 bits per heavy atom. The highest BCUT2D eigenvalue weighted by atomic mass is 16.7. The standard InChI is InChI=1S/C15H22N2O6/c1-15(2,3)22-14(21)16-8-4-5-10(9-16)13(20)23-17-11(18)6-7-12(17)19/h10H,4-9H2,1-3H3. The summed E-state index contributed by atoms with van der Waals surface area (Å²) in [6.07, 6.45) is 0.792. The first-order chi connectivity index (χ1) is 10.7. The zero-order valence-electron chi connectivity index (χ0n) is 13.7. The van der Waals surface area contributed by atoms with Gasteiger partial charge in [-0.3, -0.25) is 9.59 Å². The average Bonchev–Trinajstić information content (AvgIpc) is 2.77. The van der Waals surface area contributed by atoms with Crippen LogP contribution in [0.3, 0.4) is 0 Å². The van der Waals surface area contributed by atoms with Crippen molar-refractivity contribution in [3.05, 3.63) is 0 Å². The molecule has 0 bridgehead atoms. The lowest BCUT2D eigenvalue weighted by atomic mass is 9.99. The molecule has 8 heteroatoms. The molecule has 0 aromatic rings. The molecule has 0 saturated carbocycles. The number of piperidine rings is 1. The Hall–Kier alpha value is -2.12. The molecule has 0 aromatic heterocycles. The Kier molecular flexibility index (Phi) is 4.91. The summed E-state index contributed by atoms with van der Waals surface area (Å²) in [7, 11) is 0. The largest absolute Gasteiger partial charge is 0.444 e. The molecular weight excluding hydrogens is 304 g/mol. The topological polar surface area (TPSA) is 93.2 Å². The van der Waals surface area contributed by atoms with Gasteiger partial charge in [0, 0.05) is 25.9 Å². The summed E-state index contributed by atoms with van der Waals surface area (Å²) in [5.74, 6) is -2.26. The molecule has 0 N–H and O–H groups in total. The van der Waals surface area contributed by atoms with E-state index in [2.05, 4.69) is 0 Å². The van der Waals surface area contributed by atoms with Crippen LogP contribution in [0.5, 0.6) is 0 Å². The van der Waals surface area contributed by atoms with E-state index in [0.29, 0.717) is 24.4 Å². The maximum Gasteiger partial charge on any atom is 0.410 e. The van der Waals surface area contributed by atoms with Crippen LogP contribution >= 0.6 is 0 Å². The van der Waals surface area contributed by atoms with Crippen molar-refractivity contribution in [3.63, 3.8) is 0 Å².